The number of nitrogens with zero attached hydrogens (tertiary/aromatic N) is 3. The number of carbonyl (C=O) groups excluding carboxylic acids is 1. The Morgan fingerprint density at radius 3 is 2.62 bits per heavy atom. The first kappa shape index (κ1) is 21.8. The van der Waals surface area contributed by atoms with Crippen LogP contribution in [0.15, 0.2) is 89.4 Å². The molecule has 6 heteroatoms. The average Bonchev–Trinajstić information content (AvgIpc) is 2.86. The predicted octanol–water partition coefficient (Wildman–Crippen LogP) is 5.20. The molecule has 1 N–H and O–H groups in total. The van der Waals surface area contributed by atoms with Crippen LogP contribution >= 0.6 is 0 Å². The molecular weight excluding hydrogens is 424 g/mol. The maximum atomic E-state index is 13.5. The van der Waals surface area contributed by atoms with Gasteiger partial charge < -0.3 is 5.32 Å². The Balaban J connectivity index is 1.52. The highest BCUT2D eigenvalue weighted by atomic mass is 16.1. The minimum atomic E-state index is -0.220. The van der Waals surface area contributed by atoms with Crippen molar-refractivity contribution in [1.29, 1.82) is 0 Å². The van der Waals surface area contributed by atoms with Crippen LogP contribution in [0.4, 0.5) is 5.69 Å². The van der Waals surface area contributed by atoms with E-state index >= 15 is 0 Å². The number of hydrogen-bond acceptors (Lipinski definition) is 4. The second-order valence-electron chi connectivity index (χ2n) is 8.61. The third-order valence-corrected chi connectivity index (χ3v) is 6.10. The standard InChI is InChI=1S/C28H26N4O2/c33-26(18-21-11-5-2-6-12-21)30-22-13-7-14-23(19-22)32-27-24(15-8-16-29-27)31-25(28(32)34)17-20-9-3-1-4-10-20/h1,3-4,7-10,13-16,18-19H,2,5-6,11-12,17H2,(H,30,33). The first-order valence-corrected chi connectivity index (χ1v) is 11.7. The number of pyridine rings is 1. The van der Waals surface area contributed by atoms with Crippen LogP contribution in [0.3, 0.4) is 0 Å². The van der Waals surface area contributed by atoms with Crippen molar-refractivity contribution < 1.29 is 4.79 Å². The second kappa shape index (κ2) is 9.83. The number of rotatable bonds is 5. The van der Waals surface area contributed by atoms with Crippen LogP contribution in [-0.4, -0.2) is 20.4 Å². The molecule has 0 unspecified atom stereocenters. The van der Waals surface area contributed by atoms with E-state index in [1.165, 1.54) is 12.0 Å². The number of nitrogens with one attached hydrogen (secondary N) is 1. The van der Waals surface area contributed by atoms with Crippen molar-refractivity contribution in [3.63, 3.8) is 0 Å². The molecule has 0 bridgehead atoms. The van der Waals surface area contributed by atoms with Gasteiger partial charge in [0.25, 0.3) is 5.56 Å². The predicted molar refractivity (Wildman–Crippen MR) is 134 cm³/mol. The Bertz CT molecular complexity index is 1420. The molecule has 5 rings (SSSR count). The number of carbonyl (C=O) groups is 1. The molecule has 1 amide bonds. The highest BCUT2D eigenvalue weighted by Gasteiger charge is 2.15. The molecular formula is C28H26N4O2. The van der Waals surface area contributed by atoms with Crippen molar-refractivity contribution in [3.05, 3.63) is 106 Å². The number of benzene rings is 2. The van der Waals surface area contributed by atoms with Crippen LogP contribution in [0.2, 0.25) is 0 Å². The van der Waals surface area contributed by atoms with Crippen LogP contribution in [-0.2, 0) is 11.2 Å². The molecule has 6 nitrogen and oxygen atoms in total. The van der Waals surface area contributed by atoms with Crippen molar-refractivity contribution in [2.24, 2.45) is 0 Å². The Labute approximate surface area is 198 Å². The summed E-state index contributed by atoms with van der Waals surface area (Å²) < 4.78 is 1.58. The number of allylic oxidation sites excluding steroid dienone is 1. The van der Waals surface area contributed by atoms with Crippen LogP contribution in [0, 0.1) is 0 Å². The molecule has 34 heavy (non-hydrogen) atoms. The fourth-order valence-electron chi connectivity index (χ4n) is 4.45. The Kier molecular flexibility index (Phi) is 6.29. The summed E-state index contributed by atoms with van der Waals surface area (Å²) in [6.07, 6.45) is 9.29. The maximum absolute atomic E-state index is 13.5. The summed E-state index contributed by atoms with van der Waals surface area (Å²) in [7, 11) is 0. The average molecular weight is 451 g/mol. The van der Waals surface area contributed by atoms with Crippen LogP contribution in [0.1, 0.15) is 43.4 Å². The van der Waals surface area contributed by atoms with Gasteiger partial charge in [-0.2, -0.15) is 0 Å². The summed E-state index contributed by atoms with van der Waals surface area (Å²) >= 11 is 0. The van der Waals surface area contributed by atoms with E-state index in [1.807, 2.05) is 60.7 Å². The van der Waals surface area contributed by atoms with Crippen molar-refractivity contribution in [2.45, 2.75) is 38.5 Å². The van der Waals surface area contributed by atoms with E-state index in [-0.39, 0.29) is 11.5 Å². The normalized spacial score (nSPS) is 13.6. The van der Waals surface area contributed by atoms with Gasteiger partial charge in [-0.05, 0) is 61.6 Å². The van der Waals surface area contributed by atoms with Crippen molar-refractivity contribution in [3.8, 4) is 5.69 Å². The quantitative estimate of drug-likeness (QED) is 0.424. The SMILES string of the molecule is O=C(C=C1CCCCC1)Nc1cccc(-n2c(=O)c(Cc3ccccc3)nc3cccnc32)c1. The zero-order valence-corrected chi connectivity index (χ0v) is 18.9. The highest BCUT2D eigenvalue weighted by Crippen LogP contribution is 2.23. The summed E-state index contributed by atoms with van der Waals surface area (Å²) in [5, 5.41) is 2.95. The van der Waals surface area contributed by atoms with Gasteiger partial charge in [0.05, 0.1) is 5.69 Å². The lowest BCUT2D eigenvalue weighted by molar-refractivity contribution is -0.112. The van der Waals surface area contributed by atoms with Gasteiger partial charge in [-0.25, -0.2) is 9.97 Å². The zero-order valence-electron chi connectivity index (χ0n) is 18.9. The molecule has 4 aromatic rings. The molecule has 1 aliphatic rings. The Morgan fingerprint density at radius 1 is 0.971 bits per heavy atom. The second-order valence-corrected chi connectivity index (χ2v) is 8.61. The molecule has 1 fully saturated rings. The van der Waals surface area contributed by atoms with Crippen molar-refractivity contribution in [2.75, 3.05) is 5.32 Å². The van der Waals surface area contributed by atoms with Gasteiger partial charge in [0.1, 0.15) is 11.2 Å². The monoisotopic (exact) mass is 450 g/mol. The molecule has 0 aliphatic heterocycles. The Morgan fingerprint density at radius 2 is 1.79 bits per heavy atom. The third kappa shape index (κ3) is 4.81. The van der Waals surface area contributed by atoms with Crippen molar-refractivity contribution >= 4 is 22.8 Å². The van der Waals surface area contributed by atoms with E-state index in [2.05, 4.69) is 15.3 Å². The minimum absolute atomic E-state index is 0.135. The number of hydrogen-bond donors (Lipinski definition) is 1. The van der Waals surface area contributed by atoms with Gasteiger partial charge in [0.2, 0.25) is 5.91 Å². The number of fused-ring (bicyclic) bond motifs is 1. The van der Waals surface area contributed by atoms with Crippen molar-refractivity contribution in [1.82, 2.24) is 14.5 Å². The first-order valence-electron chi connectivity index (χ1n) is 11.7. The van der Waals surface area contributed by atoms with Gasteiger partial charge in [0, 0.05) is 24.4 Å². The molecule has 0 radical (unpaired) electrons. The molecule has 0 atom stereocenters. The van der Waals surface area contributed by atoms with E-state index < -0.39 is 0 Å². The number of aromatic nitrogens is 3. The smallest absolute Gasteiger partial charge is 0.278 e. The summed E-state index contributed by atoms with van der Waals surface area (Å²) in [5.74, 6) is -0.135. The lowest BCUT2D eigenvalue weighted by atomic mass is 9.94. The van der Waals surface area contributed by atoms with E-state index in [9.17, 15) is 9.59 Å². The molecule has 0 spiro atoms. The molecule has 2 aromatic heterocycles. The summed E-state index contributed by atoms with van der Waals surface area (Å²) in [5.41, 5.74) is 4.83. The lowest BCUT2D eigenvalue weighted by Gasteiger charge is -2.14. The number of anilines is 1. The van der Waals surface area contributed by atoms with Gasteiger partial charge >= 0.3 is 0 Å². The summed E-state index contributed by atoms with van der Waals surface area (Å²) in [6.45, 7) is 0. The first-order chi connectivity index (χ1) is 16.7. The van der Waals surface area contributed by atoms with Crippen LogP contribution in [0.5, 0.6) is 0 Å². The zero-order chi connectivity index (χ0) is 23.3. The van der Waals surface area contributed by atoms with Gasteiger partial charge in [0.15, 0.2) is 5.65 Å². The van der Waals surface area contributed by atoms with Gasteiger partial charge in [-0.3, -0.25) is 14.2 Å². The molecule has 0 saturated heterocycles. The molecule has 2 heterocycles. The van der Waals surface area contributed by atoms with Gasteiger partial charge in [-0.15, -0.1) is 0 Å². The van der Waals surface area contributed by atoms with Crippen LogP contribution in [0.25, 0.3) is 16.9 Å². The minimum Gasteiger partial charge on any atom is -0.322 e. The Hall–Kier alpha value is -4.06. The molecule has 2 aromatic carbocycles. The highest BCUT2D eigenvalue weighted by molar-refractivity contribution is 6.00. The van der Waals surface area contributed by atoms with Crippen LogP contribution < -0.4 is 10.9 Å². The maximum Gasteiger partial charge on any atom is 0.278 e. The van der Waals surface area contributed by atoms with E-state index in [1.54, 1.807) is 22.9 Å². The summed E-state index contributed by atoms with van der Waals surface area (Å²) in [4.78, 5) is 35.2. The van der Waals surface area contributed by atoms with Gasteiger partial charge in [-0.1, -0.05) is 48.4 Å². The van der Waals surface area contributed by atoms with E-state index in [0.717, 1.165) is 31.2 Å². The summed E-state index contributed by atoms with van der Waals surface area (Å²) in [6, 6.07) is 20.8. The van der Waals surface area contributed by atoms with E-state index in [0.29, 0.717) is 34.7 Å². The number of amides is 1. The fraction of sp³-hybridized carbons (Fsp3) is 0.214. The largest absolute Gasteiger partial charge is 0.322 e. The lowest BCUT2D eigenvalue weighted by Crippen LogP contribution is -2.25. The third-order valence-electron chi connectivity index (χ3n) is 6.10. The molecule has 170 valence electrons. The molecule has 1 saturated carbocycles. The van der Waals surface area contributed by atoms with E-state index in [4.69, 9.17) is 0 Å². The molecule has 1 aliphatic carbocycles. The topological polar surface area (TPSA) is 76.9 Å². The fourth-order valence-corrected chi connectivity index (χ4v) is 4.45.